The van der Waals surface area contributed by atoms with E-state index in [0.717, 1.165) is 12.1 Å². The van der Waals surface area contributed by atoms with Gasteiger partial charge in [0.25, 0.3) is 0 Å². The molecule has 23 heavy (non-hydrogen) atoms. The van der Waals surface area contributed by atoms with Crippen LogP contribution in [0.25, 0.3) is 0 Å². The molecule has 4 aliphatic carbocycles. The van der Waals surface area contributed by atoms with Gasteiger partial charge in [-0.25, -0.2) is 0 Å². The maximum atomic E-state index is 13.3. The summed E-state index contributed by atoms with van der Waals surface area (Å²) in [5.41, 5.74) is 2.36. The lowest BCUT2D eigenvalue weighted by molar-refractivity contribution is -0.124. The largest absolute Gasteiger partial charge is 0.274 e. The predicted octanol–water partition coefficient (Wildman–Crippen LogP) is 3.17. The Morgan fingerprint density at radius 2 is 1.87 bits per heavy atom. The van der Waals surface area contributed by atoms with E-state index in [4.69, 9.17) is 0 Å². The Labute approximate surface area is 135 Å². The van der Waals surface area contributed by atoms with Crippen molar-refractivity contribution in [2.45, 2.75) is 25.7 Å². The Morgan fingerprint density at radius 3 is 2.70 bits per heavy atom. The van der Waals surface area contributed by atoms with E-state index in [1.807, 2.05) is 30.3 Å². The average molecular weight is 305 g/mol. The molecule has 6 rings (SSSR count). The van der Waals surface area contributed by atoms with E-state index in [0.29, 0.717) is 17.8 Å². The number of amides is 2. The summed E-state index contributed by atoms with van der Waals surface area (Å²) < 4.78 is 0. The van der Waals surface area contributed by atoms with E-state index in [9.17, 15) is 9.59 Å². The van der Waals surface area contributed by atoms with Crippen molar-refractivity contribution < 1.29 is 9.59 Å². The lowest BCUT2D eigenvalue weighted by Gasteiger charge is -2.39. The van der Waals surface area contributed by atoms with Crippen molar-refractivity contribution in [1.82, 2.24) is 0 Å². The summed E-state index contributed by atoms with van der Waals surface area (Å²) in [6.07, 6.45) is 7.29. The second-order valence-corrected chi connectivity index (χ2v) is 8.09. The minimum atomic E-state index is -0.0918. The van der Waals surface area contributed by atoms with Crippen molar-refractivity contribution in [1.29, 1.82) is 0 Å². The highest BCUT2D eigenvalue weighted by molar-refractivity contribution is 6.23. The van der Waals surface area contributed by atoms with Crippen molar-refractivity contribution >= 4 is 17.5 Å². The molecular weight excluding hydrogens is 286 g/mol. The van der Waals surface area contributed by atoms with Gasteiger partial charge in [-0.1, -0.05) is 29.8 Å². The fourth-order valence-corrected chi connectivity index (χ4v) is 6.89. The van der Waals surface area contributed by atoms with E-state index in [-0.39, 0.29) is 29.1 Å². The molecule has 1 heterocycles. The van der Waals surface area contributed by atoms with Gasteiger partial charge in [-0.2, -0.15) is 0 Å². The predicted molar refractivity (Wildman–Crippen MR) is 85.4 cm³/mol. The normalized spacial score (nSPS) is 45.7. The molecule has 4 fully saturated rings. The monoisotopic (exact) mass is 305 g/mol. The van der Waals surface area contributed by atoms with Crippen LogP contribution < -0.4 is 4.90 Å². The number of hydrogen-bond donors (Lipinski definition) is 0. The summed E-state index contributed by atoms with van der Waals surface area (Å²) in [6.45, 7) is 0. The quantitative estimate of drug-likeness (QED) is 0.590. The number of allylic oxidation sites excluding steroid dienone is 2. The molecular formula is C20H19NO2. The van der Waals surface area contributed by atoms with Crippen LogP contribution in [0.15, 0.2) is 42.0 Å². The van der Waals surface area contributed by atoms with Gasteiger partial charge in [-0.05, 0) is 55.6 Å². The van der Waals surface area contributed by atoms with E-state index in [1.54, 1.807) is 5.57 Å². The molecule has 3 heteroatoms. The van der Waals surface area contributed by atoms with Crippen LogP contribution in [-0.2, 0) is 9.59 Å². The van der Waals surface area contributed by atoms with Crippen LogP contribution in [0.5, 0.6) is 0 Å². The minimum absolute atomic E-state index is 0.0474. The SMILES string of the molecule is O=C1[C@H]2[C@@H](C(=O)N1c1ccccc1)[C@@]13C[C@@H]2C=C1[C@H]1CC[C@H]3C1. The van der Waals surface area contributed by atoms with Crippen molar-refractivity contribution in [3.8, 4) is 0 Å². The number of para-hydroxylation sites is 1. The molecule has 5 aliphatic rings. The lowest BCUT2D eigenvalue weighted by Crippen LogP contribution is -2.40. The Hall–Kier alpha value is -1.90. The summed E-state index contributed by atoms with van der Waals surface area (Å²) in [5.74, 6) is 1.62. The molecule has 3 saturated carbocycles. The van der Waals surface area contributed by atoms with E-state index in [1.165, 1.54) is 24.2 Å². The first kappa shape index (κ1) is 12.5. The Morgan fingerprint density at radius 1 is 1.04 bits per heavy atom. The van der Waals surface area contributed by atoms with Gasteiger partial charge in [-0.3, -0.25) is 14.5 Å². The summed E-state index contributed by atoms with van der Waals surface area (Å²) in [7, 11) is 0. The Kier molecular flexibility index (Phi) is 2.05. The zero-order valence-corrected chi connectivity index (χ0v) is 12.9. The molecule has 0 aromatic heterocycles. The number of imide groups is 1. The third-order valence-corrected chi connectivity index (χ3v) is 7.49. The van der Waals surface area contributed by atoms with Crippen molar-refractivity contribution in [2.75, 3.05) is 4.90 Å². The van der Waals surface area contributed by atoms with Crippen LogP contribution in [0.4, 0.5) is 5.69 Å². The van der Waals surface area contributed by atoms with Crippen molar-refractivity contribution in [3.05, 3.63) is 42.0 Å². The van der Waals surface area contributed by atoms with Gasteiger partial charge in [-0.15, -0.1) is 0 Å². The topological polar surface area (TPSA) is 37.4 Å². The smallest absolute Gasteiger partial charge is 0.238 e. The molecule has 4 bridgehead atoms. The van der Waals surface area contributed by atoms with E-state index < -0.39 is 0 Å². The summed E-state index contributed by atoms with van der Waals surface area (Å²) in [6, 6.07) is 9.49. The van der Waals surface area contributed by atoms with Crippen molar-refractivity contribution in [3.63, 3.8) is 0 Å². The first-order valence-corrected chi connectivity index (χ1v) is 8.87. The number of benzene rings is 1. The van der Waals surface area contributed by atoms with Gasteiger partial charge in [0.1, 0.15) is 0 Å². The number of fused-ring (bicyclic) bond motifs is 6. The highest BCUT2D eigenvalue weighted by atomic mass is 16.2. The lowest BCUT2D eigenvalue weighted by atomic mass is 9.63. The minimum Gasteiger partial charge on any atom is -0.274 e. The zero-order valence-electron chi connectivity index (χ0n) is 12.9. The molecule has 1 aromatic rings. The van der Waals surface area contributed by atoms with Crippen LogP contribution >= 0.6 is 0 Å². The number of anilines is 1. The molecule has 2 amide bonds. The van der Waals surface area contributed by atoms with Gasteiger partial charge < -0.3 is 0 Å². The number of carbonyl (C=O) groups excluding carboxylic acids is 2. The van der Waals surface area contributed by atoms with Gasteiger partial charge in [0, 0.05) is 5.41 Å². The summed E-state index contributed by atoms with van der Waals surface area (Å²) in [5, 5.41) is 0. The Bertz CT molecular complexity index is 782. The van der Waals surface area contributed by atoms with Crippen LogP contribution in [0.1, 0.15) is 25.7 Å². The van der Waals surface area contributed by atoms with Crippen LogP contribution in [-0.4, -0.2) is 11.8 Å². The summed E-state index contributed by atoms with van der Waals surface area (Å²) >= 11 is 0. The average Bonchev–Trinajstić information content (AvgIpc) is 3.32. The highest BCUT2D eigenvalue weighted by Crippen LogP contribution is 2.75. The van der Waals surface area contributed by atoms with Crippen LogP contribution in [0, 0.1) is 35.0 Å². The zero-order chi connectivity index (χ0) is 15.3. The van der Waals surface area contributed by atoms with E-state index in [2.05, 4.69) is 6.08 Å². The molecule has 0 radical (unpaired) electrons. The second-order valence-electron chi connectivity index (χ2n) is 8.09. The van der Waals surface area contributed by atoms with Crippen LogP contribution in [0.3, 0.4) is 0 Å². The molecule has 116 valence electrons. The first-order valence-electron chi connectivity index (χ1n) is 8.87. The second kappa shape index (κ2) is 3.77. The molecule has 0 unspecified atom stereocenters. The van der Waals surface area contributed by atoms with Gasteiger partial charge in [0.05, 0.1) is 17.5 Å². The van der Waals surface area contributed by atoms with Crippen molar-refractivity contribution in [2.24, 2.45) is 35.0 Å². The maximum Gasteiger partial charge on any atom is 0.238 e. The molecule has 1 spiro atoms. The molecule has 1 saturated heterocycles. The molecule has 0 N–H and O–H groups in total. The Balaban J connectivity index is 1.49. The van der Waals surface area contributed by atoms with Gasteiger partial charge >= 0.3 is 0 Å². The van der Waals surface area contributed by atoms with Gasteiger partial charge in [0.2, 0.25) is 11.8 Å². The molecule has 3 nitrogen and oxygen atoms in total. The number of rotatable bonds is 1. The fourth-order valence-electron chi connectivity index (χ4n) is 6.89. The third kappa shape index (κ3) is 1.20. The van der Waals surface area contributed by atoms with Crippen LogP contribution in [0.2, 0.25) is 0 Å². The fraction of sp³-hybridized carbons (Fsp3) is 0.500. The van der Waals surface area contributed by atoms with Gasteiger partial charge in [0.15, 0.2) is 0 Å². The first-order chi connectivity index (χ1) is 11.2. The number of nitrogens with zero attached hydrogens (tertiary/aromatic N) is 1. The molecule has 6 atom stereocenters. The standard InChI is InChI=1S/C20H19NO2/c22-18-16-12-9-15-11-6-7-13(8-11)20(15,10-12)17(16)19(23)21(18)14-4-2-1-3-5-14/h1-5,9,11-13,16-17H,6-8,10H2/t11-,12-,13-,16+,17-,20+/m0/s1. The number of carbonyl (C=O) groups is 2. The number of hydrogen-bond acceptors (Lipinski definition) is 2. The highest BCUT2D eigenvalue weighted by Gasteiger charge is 2.74. The summed E-state index contributed by atoms with van der Waals surface area (Å²) in [4.78, 5) is 27.8. The third-order valence-electron chi connectivity index (χ3n) is 7.49. The van der Waals surface area contributed by atoms with E-state index >= 15 is 0 Å². The molecule has 1 aromatic carbocycles. The molecule has 1 aliphatic heterocycles. The maximum absolute atomic E-state index is 13.3.